The van der Waals surface area contributed by atoms with Gasteiger partial charge in [0, 0.05) is 18.3 Å². The fourth-order valence-corrected chi connectivity index (χ4v) is 5.74. The van der Waals surface area contributed by atoms with E-state index in [4.69, 9.17) is 23.9 Å². The fourth-order valence-electron chi connectivity index (χ4n) is 4.71. The molecule has 0 saturated heterocycles. The number of aromatic nitrogens is 2. The van der Waals surface area contributed by atoms with Crippen LogP contribution in [-0.2, 0) is 24.2 Å². The number of thioether (sulfide) groups is 1. The van der Waals surface area contributed by atoms with Crippen LogP contribution in [0.5, 0.6) is 23.0 Å². The standard InChI is InChI=1S/C32H37N3O6S/c1-7-21-11-9-10-12-23(21)33-30(36)29(8-2)42-32-34-24-19-28(41-6)27(40-5)18-22(24)31(37)35(32)16-15-20-13-14-25(38-3)26(17-20)39-4/h9-14,17-19,29H,7-8,15-16H2,1-6H3,(H,33,36). The number of amides is 1. The van der Waals surface area contributed by atoms with Crippen molar-refractivity contribution in [2.45, 2.75) is 50.1 Å². The van der Waals surface area contributed by atoms with Gasteiger partial charge < -0.3 is 24.3 Å². The fraction of sp³-hybridized carbons (Fsp3) is 0.344. The molecule has 1 amide bonds. The highest BCUT2D eigenvalue weighted by Crippen LogP contribution is 2.33. The van der Waals surface area contributed by atoms with Crippen LogP contribution in [0.4, 0.5) is 5.69 Å². The van der Waals surface area contributed by atoms with E-state index in [-0.39, 0.29) is 11.5 Å². The second-order valence-electron chi connectivity index (χ2n) is 9.53. The summed E-state index contributed by atoms with van der Waals surface area (Å²) in [6.45, 7) is 4.34. The topological polar surface area (TPSA) is 101 Å². The Morgan fingerprint density at radius 2 is 1.57 bits per heavy atom. The number of anilines is 1. The van der Waals surface area contributed by atoms with E-state index in [1.165, 1.54) is 26.0 Å². The summed E-state index contributed by atoms with van der Waals surface area (Å²) in [5.41, 5.74) is 3.05. The van der Waals surface area contributed by atoms with Crippen LogP contribution in [0.2, 0.25) is 0 Å². The molecule has 0 saturated carbocycles. The van der Waals surface area contributed by atoms with Gasteiger partial charge in [-0.05, 0) is 54.7 Å². The van der Waals surface area contributed by atoms with Gasteiger partial charge in [-0.25, -0.2) is 4.98 Å². The molecule has 1 atom stereocenters. The van der Waals surface area contributed by atoms with Crippen molar-refractivity contribution in [3.63, 3.8) is 0 Å². The molecule has 0 aliphatic heterocycles. The number of hydrogen-bond acceptors (Lipinski definition) is 8. The molecule has 0 radical (unpaired) electrons. The largest absolute Gasteiger partial charge is 0.493 e. The van der Waals surface area contributed by atoms with Crippen LogP contribution in [0.15, 0.2) is 64.5 Å². The Morgan fingerprint density at radius 1 is 0.905 bits per heavy atom. The van der Waals surface area contributed by atoms with Crippen molar-refractivity contribution in [2.24, 2.45) is 0 Å². The van der Waals surface area contributed by atoms with Gasteiger partial charge in [-0.3, -0.25) is 14.2 Å². The predicted molar refractivity (Wildman–Crippen MR) is 167 cm³/mol. The highest BCUT2D eigenvalue weighted by Gasteiger charge is 2.23. The van der Waals surface area contributed by atoms with Gasteiger partial charge in [0.2, 0.25) is 5.91 Å². The zero-order chi connectivity index (χ0) is 30.2. The lowest BCUT2D eigenvalue weighted by atomic mass is 10.1. The number of nitrogens with one attached hydrogen (secondary N) is 1. The second-order valence-corrected chi connectivity index (χ2v) is 10.7. The molecule has 1 heterocycles. The first kappa shape index (κ1) is 30.8. The normalized spacial score (nSPS) is 11.7. The van der Waals surface area contributed by atoms with E-state index in [9.17, 15) is 9.59 Å². The molecule has 0 fully saturated rings. The van der Waals surface area contributed by atoms with Gasteiger partial charge in [0.05, 0.1) is 44.6 Å². The first-order valence-electron chi connectivity index (χ1n) is 13.8. The molecule has 1 N–H and O–H groups in total. The van der Waals surface area contributed by atoms with Gasteiger partial charge in [0.1, 0.15) is 0 Å². The van der Waals surface area contributed by atoms with Gasteiger partial charge in [0.25, 0.3) is 5.56 Å². The van der Waals surface area contributed by atoms with E-state index in [1.807, 2.05) is 49.4 Å². The molecule has 42 heavy (non-hydrogen) atoms. The number of ether oxygens (including phenoxy) is 4. The molecule has 4 rings (SSSR count). The number of hydrogen-bond donors (Lipinski definition) is 1. The Kier molecular flexibility index (Phi) is 10.4. The number of rotatable bonds is 13. The molecule has 1 unspecified atom stereocenters. The lowest BCUT2D eigenvalue weighted by molar-refractivity contribution is -0.115. The van der Waals surface area contributed by atoms with Crippen LogP contribution in [0, 0.1) is 0 Å². The molecular weight excluding hydrogens is 554 g/mol. The third-order valence-corrected chi connectivity index (χ3v) is 8.42. The van der Waals surface area contributed by atoms with E-state index in [1.54, 1.807) is 30.9 Å². The monoisotopic (exact) mass is 591 g/mol. The first-order valence-corrected chi connectivity index (χ1v) is 14.7. The number of benzene rings is 3. The molecule has 0 spiro atoms. The van der Waals surface area contributed by atoms with Crippen LogP contribution in [0.1, 0.15) is 31.4 Å². The number of fused-ring (bicyclic) bond motifs is 1. The van der Waals surface area contributed by atoms with Crippen molar-refractivity contribution >= 4 is 34.3 Å². The quantitative estimate of drug-likeness (QED) is 0.155. The summed E-state index contributed by atoms with van der Waals surface area (Å²) in [6, 6.07) is 16.8. The van der Waals surface area contributed by atoms with Crippen LogP contribution in [-0.4, -0.2) is 49.1 Å². The van der Waals surface area contributed by atoms with Gasteiger partial charge in [-0.15, -0.1) is 0 Å². The van der Waals surface area contributed by atoms with Crippen molar-refractivity contribution in [1.82, 2.24) is 9.55 Å². The lowest BCUT2D eigenvalue weighted by Gasteiger charge is -2.19. The Morgan fingerprint density at radius 3 is 2.24 bits per heavy atom. The van der Waals surface area contributed by atoms with Gasteiger partial charge >= 0.3 is 0 Å². The summed E-state index contributed by atoms with van der Waals surface area (Å²) in [5, 5.41) is 3.45. The maximum Gasteiger partial charge on any atom is 0.262 e. The second kappa shape index (κ2) is 14.1. The highest BCUT2D eigenvalue weighted by atomic mass is 32.2. The summed E-state index contributed by atoms with van der Waals surface area (Å²) in [6.07, 6.45) is 1.87. The highest BCUT2D eigenvalue weighted by molar-refractivity contribution is 8.00. The van der Waals surface area contributed by atoms with E-state index in [0.29, 0.717) is 58.4 Å². The average molecular weight is 592 g/mol. The van der Waals surface area contributed by atoms with Crippen molar-refractivity contribution < 1.29 is 23.7 Å². The van der Waals surface area contributed by atoms with E-state index >= 15 is 0 Å². The summed E-state index contributed by atoms with van der Waals surface area (Å²) in [5.74, 6) is 2.01. The van der Waals surface area contributed by atoms with Crippen molar-refractivity contribution in [2.75, 3.05) is 33.8 Å². The maximum absolute atomic E-state index is 13.9. The molecule has 9 nitrogen and oxygen atoms in total. The van der Waals surface area contributed by atoms with E-state index in [0.717, 1.165) is 23.2 Å². The molecular formula is C32H37N3O6S. The Hall–Kier alpha value is -4.18. The summed E-state index contributed by atoms with van der Waals surface area (Å²) >= 11 is 1.28. The average Bonchev–Trinajstić information content (AvgIpc) is 3.02. The molecule has 0 bridgehead atoms. The zero-order valence-corrected chi connectivity index (χ0v) is 25.7. The van der Waals surface area contributed by atoms with Gasteiger partial charge in [0.15, 0.2) is 28.2 Å². The maximum atomic E-state index is 13.9. The van der Waals surface area contributed by atoms with Gasteiger partial charge in [-0.1, -0.05) is 49.9 Å². The number of aryl methyl sites for hydroxylation is 2. The minimum Gasteiger partial charge on any atom is -0.493 e. The zero-order valence-electron chi connectivity index (χ0n) is 24.9. The smallest absolute Gasteiger partial charge is 0.262 e. The minimum absolute atomic E-state index is 0.142. The molecule has 222 valence electrons. The summed E-state index contributed by atoms with van der Waals surface area (Å²) < 4.78 is 23.4. The number of carbonyl (C=O) groups excluding carboxylic acids is 1. The number of carbonyl (C=O) groups is 1. The first-order chi connectivity index (χ1) is 20.4. The Balaban J connectivity index is 1.73. The Labute approximate surface area is 250 Å². The van der Waals surface area contributed by atoms with Crippen molar-refractivity contribution in [3.8, 4) is 23.0 Å². The molecule has 0 aliphatic rings. The molecule has 4 aromatic rings. The number of nitrogens with zero attached hydrogens (tertiary/aromatic N) is 2. The van der Waals surface area contributed by atoms with Gasteiger partial charge in [-0.2, -0.15) is 0 Å². The molecule has 1 aromatic heterocycles. The number of methoxy groups -OCH3 is 4. The van der Waals surface area contributed by atoms with E-state index < -0.39 is 5.25 Å². The molecule has 10 heteroatoms. The SMILES string of the molecule is CCc1ccccc1NC(=O)C(CC)Sc1nc2cc(OC)c(OC)cc2c(=O)n1CCc1ccc(OC)c(OC)c1. The predicted octanol–water partition coefficient (Wildman–Crippen LogP) is 5.75. The lowest BCUT2D eigenvalue weighted by Crippen LogP contribution is -2.29. The molecule has 3 aromatic carbocycles. The molecule has 0 aliphatic carbocycles. The van der Waals surface area contributed by atoms with Crippen molar-refractivity contribution in [1.29, 1.82) is 0 Å². The minimum atomic E-state index is -0.480. The van der Waals surface area contributed by atoms with Crippen LogP contribution >= 0.6 is 11.8 Å². The summed E-state index contributed by atoms with van der Waals surface area (Å²) in [7, 11) is 6.24. The van der Waals surface area contributed by atoms with Crippen LogP contribution < -0.4 is 29.8 Å². The van der Waals surface area contributed by atoms with Crippen LogP contribution in [0.3, 0.4) is 0 Å². The van der Waals surface area contributed by atoms with Crippen molar-refractivity contribution in [3.05, 3.63) is 76.1 Å². The Bertz CT molecular complexity index is 1620. The third-order valence-electron chi connectivity index (χ3n) is 7.06. The van der Waals surface area contributed by atoms with E-state index in [2.05, 4.69) is 12.2 Å². The van der Waals surface area contributed by atoms with Crippen LogP contribution in [0.25, 0.3) is 10.9 Å². The summed E-state index contributed by atoms with van der Waals surface area (Å²) in [4.78, 5) is 32.3. The number of para-hydroxylation sites is 1. The third kappa shape index (κ3) is 6.65.